The largest absolute Gasteiger partial charge is 0.497 e. The monoisotopic (exact) mass is 284 g/mol. The molecule has 0 radical (unpaired) electrons. The second kappa shape index (κ2) is 5.52. The lowest BCUT2D eigenvalue weighted by molar-refractivity contribution is 0.0971. The van der Waals surface area contributed by atoms with Crippen LogP contribution in [0.5, 0.6) is 11.5 Å². The SMILES string of the molecule is COc1ccc(-c2ncc3c(n2)CCCC3=O)c(OC)c1. The molecule has 0 bridgehead atoms. The molecule has 0 atom stereocenters. The first-order valence-electron chi connectivity index (χ1n) is 6.84. The van der Waals surface area contributed by atoms with Crippen molar-refractivity contribution in [2.75, 3.05) is 14.2 Å². The highest BCUT2D eigenvalue weighted by atomic mass is 16.5. The normalized spacial score (nSPS) is 13.7. The molecule has 0 unspecified atom stereocenters. The molecule has 1 aromatic carbocycles. The molecule has 1 aliphatic carbocycles. The van der Waals surface area contributed by atoms with Crippen molar-refractivity contribution >= 4 is 5.78 Å². The zero-order chi connectivity index (χ0) is 14.8. The van der Waals surface area contributed by atoms with E-state index in [9.17, 15) is 4.79 Å². The summed E-state index contributed by atoms with van der Waals surface area (Å²) in [4.78, 5) is 20.7. The molecule has 0 saturated heterocycles. The van der Waals surface area contributed by atoms with E-state index in [-0.39, 0.29) is 5.78 Å². The van der Waals surface area contributed by atoms with Gasteiger partial charge in [-0.2, -0.15) is 0 Å². The van der Waals surface area contributed by atoms with Crippen molar-refractivity contribution in [3.05, 3.63) is 35.7 Å². The Morgan fingerprint density at radius 1 is 1.10 bits per heavy atom. The molecule has 5 nitrogen and oxygen atoms in total. The number of aromatic nitrogens is 2. The Morgan fingerprint density at radius 2 is 1.95 bits per heavy atom. The number of fused-ring (bicyclic) bond motifs is 1. The number of hydrogen-bond acceptors (Lipinski definition) is 5. The highest BCUT2D eigenvalue weighted by Crippen LogP contribution is 2.32. The molecular weight excluding hydrogens is 268 g/mol. The van der Waals surface area contributed by atoms with Crippen molar-refractivity contribution in [3.63, 3.8) is 0 Å². The minimum Gasteiger partial charge on any atom is -0.497 e. The van der Waals surface area contributed by atoms with Crippen LogP contribution in [0.3, 0.4) is 0 Å². The zero-order valence-corrected chi connectivity index (χ0v) is 12.0. The highest BCUT2D eigenvalue weighted by molar-refractivity contribution is 5.97. The standard InChI is InChI=1S/C16H16N2O3/c1-20-10-6-7-11(15(8-10)21-2)16-17-9-12-13(18-16)4-3-5-14(12)19/h6-9H,3-5H2,1-2H3. The van der Waals surface area contributed by atoms with E-state index in [1.807, 2.05) is 12.1 Å². The fraction of sp³-hybridized carbons (Fsp3) is 0.312. The van der Waals surface area contributed by atoms with Crippen LogP contribution in [0.2, 0.25) is 0 Å². The van der Waals surface area contributed by atoms with E-state index < -0.39 is 0 Å². The fourth-order valence-electron chi connectivity index (χ4n) is 2.50. The summed E-state index contributed by atoms with van der Waals surface area (Å²) >= 11 is 0. The summed E-state index contributed by atoms with van der Waals surface area (Å²) in [6.45, 7) is 0. The summed E-state index contributed by atoms with van der Waals surface area (Å²) in [5.74, 6) is 2.06. The van der Waals surface area contributed by atoms with Crippen molar-refractivity contribution in [2.45, 2.75) is 19.3 Å². The van der Waals surface area contributed by atoms with E-state index in [0.717, 1.165) is 24.1 Å². The van der Waals surface area contributed by atoms with Gasteiger partial charge in [0.2, 0.25) is 0 Å². The van der Waals surface area contributed by atoms with Gasteiger partial charge in [0.05, 0.1) is 31.0 Å². The van der Waals surface area contributed by atoms with E-state index in [0.29, 0.717) is 29.3 Å². The van der Waals surface area contributed by atoms with Gasteiger partial charge in [-0.1, -0.05) is 0 Å². The zero-order valence-electron chi connectivity index (χ0n) is 12.0. The lowest BCUT2D eigenvalue weighted by Gasteiger charge is -2.15. The number of ketones is 1. The molecule has 21 heavy (non-hydrogen) atoms. The molecule has 2 aromatic rings. The van der Waals surface area contributed by atoms with E-state index in [1.165, 1.54) is 0 Å². The number of methoxy groups -OCH3 is 2. The predicted octanol–water partition coefficient (Wildman–Crippen LogP) is 2.68. The molecule has 3 rings (SSSR count). The van der Waals surface area contributed by atoms with Crippen molar-refractivity contribution in [3.8, 4) is 22.9 Å². The van der Waals surface area contributed by atoms with Gasteiger partial charge in [0.25, 0.3) is 0 Å². The molecule has 5 heteroatoms. The minimum absolute atomic E-state index is 0.129. The maximum Gasteiger partial charge on any atom is 0.166 e. The first-order chi connectivity index (χ1) is 10.2. The number of aryl methyl sites for hydroxylation is 1. The Labute approximate surface area is 123 Å². The topological polar surface area (TPSA) is 61.3 Å². The third-order valence-corrected chi connectivity index (χ3v) is 3.64. The summed E-state index contributed by atoms with van der Waals surface area (Å²) in [6, 6.07) is 5.50. The van der Waals surface area contributed by atoms with Gasteiger partial charge in [-0.05, 0) is 25.0 Å². The van der Waals surface area contributed by atoms with Crippen LogP contribution in [0.1, 0.15) is 28.9 Å². The van der Waals surface area contributed by atoms with Crippen LogP contribution < -0.4 is 9.47 Å². The number of carbonyl (C=O) groups excluding carboxylic acids is 1. The predicted molar refractivity (Wildman–Crippen MR) is 77.8 cm³/mol. The second-order valence-corrected chi connectivity index (χ2v) is 4.90. The van der Waals surface area contributed by atoms with Crippen LogP contribution in [-0.4, -0.2) is 30.0 Å². The number of benzene rings is 1. The summed E-state index contributed by atoms with van der Waals surface area (Å²) < 4.78 is 10.6. The molecule has 1 aliphatic rings. The van der Waals surface area contributed by atoms with Crippen LogP contribution in [-0.2, 0) is 6.42 Å². The van der Waals surface area contributed by atoms with Gasteiger partial charge < -0.3 is 9.47 Å². The Hall–Kier alpha value is -2.43. The number of Topliss-reactive ketones (excluding diaryl/α,β-unsaturated/α-hetero) is 1. The van der Waals surface area contributed by atoms with Gasteiger partial charge in [-0.15, -0.1) is 0 Å². The number of nitrogens with zero attached hydrogens (tertiary/aromatic N) is 2. The molecule has 1 heterocycles. The maximum atomic E-state index is 11.8. The van der Waals surface area contributed by atoms with Gasteiger partial charge in [0.1, 0.15) is 11.5 Å². The quantitative estimate of drug-likeness (QED) is 0.867. The molecule has 108 valence electrons. The number of ether oxygens (including phenoxy) is 2. The lowest BCUT2D eigenvalue weighted by atomic mass is 9.96. The fourth-order valence-corrected chi connectivity index (χ4v) is 2.50. The van der Waals surface area contributed by atoms with Crippen LogP contribution in [0.15, 0.2) is 24.4 Å². The summed E-state index contributed by atoms with van der Waals surface area (Å²) in [6.07, 6.45) is 3.88. The van der Waals surface area contributed by atoms with Gasteiger partial charge in [0.15, 0.2) is 11.6 Å². The molecule has 0 spiro atoms. The van der Waals surface area contributed by atoms with Gasteiger partial charge in [-0.3, -0.25) is 4.79 Å². The highest BCUT2D eigenvalue weighted by Gasteiger charge is 2.20. The van der Waals surface area contributed by atoms with Crippen LogP contribution >= 0.6 is 0 Å². The Morgan fingerprint density at radius 3 is 2.71 bits per heavy atom. The summed E-state index contributed by atoms with van der Waals surface area (Å²) in [5, 5.41) is 0. The van der Waals surface area contributed by atoms with Crippen LogP contribution in [0.4, 0.5) is 0 Å². The Balaban J connectivity index is 2.07. The maximum absolute atomic E-state index is 11.8. The van der Waals surface area contributed by atoms with Gasteiger partial charge >= 0.3 is 0 Å². The first-order valence-corrected chi connectivity index (χ1v) is 6.84. The lowest BCUT2D eigenvalue weighted by Crippen LogP contribution is -2.13. The number of rotatable bonds is 3. The van der Waals surface area contributed by atoms with Gasteiger partial charge in [0, 0.05) is 18.7 Å². The van der Waals surface area contributed by atoms with Crippen molar-refractivity contribution in [1.82, 2.24) is 9.97 Å². The Kier molecular flexibility index (Phi) is 3.56. The molecular formula is C16H16N2O3. The van der Waals surface area contributed by atoms with E-state index >= 15 is 0 Å². The van der Waals surface area contributed by atoms with Crippen molar-refractivity contribution < 1.29 is 14.3 Å². The van der Waals surface area contributed by atoms with Crippen LogP contribution in [0.25, 0.3) is 11.4 Å². The third-order valence-electron chi connectivity index (χ3n) is 3.64. The third kappa shape index (κ3) is 2.46. The molecule has 0 fully saturated rings. The average Bonchev–Trinajstić information content (AvgIpc) is 2.54. The molecule has 0 N–H and O–H groups in total. The van der Waals surface area contributed by atoms with E-state index in [4.69, 9.17) is 9.47 Å². The Bertz CT molecular complexity index is 698. The smallest absolute Gasteiger partial charge is 0.166 e. The molecule has 1 aromatic heterocycles. The van der Waals surface area contributed by atoms with Gasteiger partial charge in [-0.25, -0.2) is 9.97 Å². The number of hydrogen-bond donors (Lipinski definition) is 0. The number of carbonyl (C=O) groups is 1. The molecule has 0 aliphatic heterocycles. The molecule has 0 saturated carbocycles. The van der Waals surface area contributed by atoms with Crippen LogP contribution in [0, 0.1) is 0 Å². The molecule has 0 amide bonds. The summed E-state index contributed by atoms with van der Waals surface area (Å²) in [5.41, 5.74) is 2.27. The average molecular weight is 284 g/mol. The summed E-state index contributed by atoms with van der Waals surface area (Å²) in [7, 11) is 3.20. The first kappa shape index (κ1) is 13.5. The second-order valence-electron chi connectivity index (χ2n) is 4.90. The van der Waals surface area contributed by atoms with Crippen molar-refractivity contribution in [2.24, 2.45) is 0 Å². The minimum atomic E-state index is 0.129. The van der Waals surface area contributed by atoms with E-state index in [2.05, 4.69) is 9.97 Å². The van der Waals surface area contributed by atoms with Crippen molar-refractivity contribution in [1.29, 1.82) is 0 Å². The van der Waals surface area contributed by atoms with E-state index in [1.54, 1.807) is 26.5 Å².